The van der Waals surface area contributed by atoms with Crippen LogP contribution in [-0.2, 0) is 0 Å². The quantitative estimate of drug-likeness (QED) is 0.610. The predicted octanol–water partition coefficient (Wildman–Crippen LogP) is 2.82. The number of aromatic nitrogens is 1. The fourth-order valence-electron chi connectivity index (χ4n) is 1.73. The number of rotatable bonds is 9. The van der Waals surface area contributed by atoms with Crippen molar-refractivity contribution < 1.29 is 14.7 Å². The Hall–Kier alpha value is -1.76. The maximum Gasteiger partial charge on any atom is 0.337 e. The molecule has 116 valence electrons. The Morgan fingerprint density at radius 3 is 2.71 bits per heavy atom. The van der Waals surface area contributed by atoms with Crippen molar-refractivity contribution in [3.8, 4) is 0 Å². The van der Waals surface area contributed by atoms with E-state index in [9.17, 15) is 9.59 Å². The van der Waals surface area contributed by atoms with Crippen LogP contribution >= 0.6 is 11.8 Å². The van der Waals surface area contributed by atoms with Crippen molar-refractivity contribution in [2.24, 2.45) is 0 Å². The second-order valence-electron chi connectivity index (χ2n) is 4.56. The van der Waals surface area contributed by atoms with Gasteiger partial charge in [-0.25, -0.2) is 9.59 Å². The topological polar surface area (TPSA) is 91.3 Å². The van der Waals surface area contributed by atoms with Crippen LogP contribution in [0.15, 0.2) is 18.5 Å². The molecule has 0 aromatic carbocycles. The van der Waals surface area contributed by atoms with Crippen LogP contribution in [-0.4, -0.2) is 40.6 Å². The first-order valence-electron chi connectivity index (χ1n) is 6.85. The number of carbonyl (C=O) groups is 2. The average Bonchev–Trinajstić information content (AvgIpc) is 2.46. The van der Waals surface area contributed by atoms with Crippen molar-refractivity contribution in [3.63, 3.8) is 0 Å². The second kappa shape index (κ2) is 10.0. The van der Waals surface area contributed by atoms with Crippen molar-refractivity contribution in [1.29, 1.82) is 0 Å². The first-order valence-corrected chi connectivity index (χ1v) is 8.25. The monoisotopic (exact) mass is 311 g/mol. The number of nitrogens with zero attached hydrogens (tertiary/aromatic N) is 1. The molecule has 0 fully saturated rings. The highest BCUT2D eigenvalue weighted by Crippen LogP contribution is 2.08. The van der Waals surface area contributed by atoms with Gasteiger partial charge in [-0.2, -0.15) is 11.8 Å². The molecule has 0 unspecified atom stereocenters. The third-order valence-electron chi connectivity index (χ3n) is 2.80. The SMILES string of the molecule is CSCCCCCCNC(=O)Nc1cncc(C(=O)O)c1. The lowest BCUT2D eigenvalue weighted by Crippen LogP contribution is -2.29. The number of urea groups is 1. The molecule has 1 heterocycles. The van der Waals surface area contributed by atoms with Gasteiger partial charge in [0, 0.05) is 12.7 Å². The standard InChI is InChI=1S/C14H21N3O3S/c1-21-7-5-3-2-4-6-16-14(20)17-12-8-11(13(18)19)9-15-10-12/h8-10H,2-7H2,1H3,(H,18,19)(H2,16,17,20). The van der Waals surface area contributed by atoms with E-state index in [1.807, 2.05) is 11.8 Å². The van der Waals surface area contributed by atoms with Gasteiger partial charge >= 0.3 is 12.0 Å². The summed E-state index contributed by atoms with van der Waals surface area (Å²) in [7, 11) is 0. The van der Waals surface area contributed by atoms with E-state index in [2.05, 4.69) is 21.9 Å². The normalized spacial score (nSPS) is 10.1. The highest BCUT2D eigenvalue weighted by Gasteiger charge is 2.06. The number of carboxylic acids is 1. The number of amides is 2. The van der Waals surface area contributed by atoms with E-state index in [4.69, 9.17) is 5.11 Å². The second-order valence-corrected chi connectivity index (χ2v) is 5.54. The first-order chi connectivity index (χ1) is 10.1. The molecule has 0 radical (unpaired) electrons. The lowest BCUT2D eigenvalue weighted by Gasteiger charge is -2.07. The number of thioether (sulfide) groups is 1. The largest absolute Gasteiger partial charge is 0.478 e. The summed E-state index contributed by atoms with van der Waals surface area (Å²) in [6, 6.07) is 1.03. The van der Waals surface area contributed by atoms with Gasteiger partial charge in [0.2, 0.25) is 0 Å². The fraction of sp³-hybridized carbons (Fsp3) is 0.500. The number of nitrogens with one attached hydrogen (secondary N) is 2. The van der Waals surface area contributed by atoms with Gasteiger partial charge in [-0.05, 0) is 30.9 Å². The molecule has 3 N–H and O–H groups in total. The van der Waals surface area contributed by atoms with Gasteiger partial charge < -0.3 is 15.7 Å². The summed E-state index contributed by atoms with van der Waals surface area (Å²) >= 11 is 1.85. The fourth-order valence-corrected chi connectivity index (χ4v) is 2.22. The zero-order valence-corrected chi connectivity index (χ0v) is 12.9. The molecular weight excluding hydrogens is 290 g/mol. The molecule has 1 rings (SSSR count). The Labute approximate surface area is 128 Å². The van der Waals surface area contributed by atoms with Gasteiger partial charge in [-0.1, -0.05) is 12.8 Å². The Bertz CT molecular complexity index is 469. The van der Waals surface area contributed by atoms with Gasteiger partial charge in [0.1, 0.15) is 0 Å². The van der Waals surface area contributed by atoms with Crippen molar-refractivity contribution in [2.45, 2.75) is 25.7 Å². The number of hydrogen-bond donors (Lipinski definition) is 3. The highest BCUT2D eigenvalue weighted by molar-refractivity contribution is 7.98. The first kappa shape index (κ1) is 17.3. The Morgan fingerprint density at radius 2 is 2.00 bits per heavy atom. The van der Waals surface area contributed by atoms with Crippen LogP contribution in [0.5, 0.6) is 0 Å². The van der Waals surface area contributed by atoms with Crippen molar-refractivity contribution in [2.75, 3.05) is 23.9 Å². The maximum absolute atomic E-state index is 11.6. The zero-order valence-electron chi connectivity index (χ0n) is 12.1. The van der Waals surface area contributed by atoms with Gasteiger partial charge in [0.15, 0.2) is 0 Å². The van der Waals surface area contributed by atoms with Gasteiger partial charge in [-0.15, -0.1) is 0 Å². The van der Waals surface area contributed by atoms with Gasteiger partial charge in [0.25, 0.3) is 0 Å². The molecule has 0 bridgehead atoms. The highest BCUT2D eigenvalue weighted by atomic mass is 32.2. The molecule has 21 heavy (non-hydrogen) atoms. The van der Waals surface area contributed by atoms with Gasteiger partial charge in [0.05, 0.1) is 17.4 Å². The van der Waals surface area contributed by atoms with Gasteiger partial charge in [-0.3, -0.25) is 4.98 Å². The summed E-state index contributed by atoms with van der Waals surface area (Å²) in [4.78, 5) is 26.2. The van der Waals surface area contributed by atoms with E-state index in [0.29, 0.717) is 12.2 Å². The van der Waals surface area contributed by atoms with Crippen LogP contribution in [0.25, 0.3) is 0 Å². The molecule has 0 atom stereocenters. The molecular formula is C14H21N3O3S. The molecule has 2 amide bonds. The Kier molecular flexibility index (Phi) is 8.27. The Morgan fingerprint density at radius 1 is 1.24 bits per heavy atom. The summed E-state index contributed by atoms with van der Waals surface area (Å²) in [5.74, 6) is 0.109. The molecule has 0 aliphatic heterocycles. The summed E-state index contributed by atoms with van der Waals surface area (Å²) in [6.07, 6.45) is 9.16. The molecule has 7 heteroatoms. The predicted molar refractivity (Wildman–Crippen MR) is 85.1 cm³/mol. The van der Waals surface area contributed by atoms with E-state index < -0.39 is 5.97 Å². The van der Waals surface area contributed by atoms with Crippen LogP contribution in [0.2, 0.25) is 0 Å². The van der Waals surface area contributed by atoms with Crippen molar-refractivity contribution in [1.82, 2.24) is 10.3 Å². The minimum absolute atomic E-state index is 0.0431. The molecule has 1 aromatic rings. The molecule has 0 saturated carbocycles. The third-order valence-corrected chi connectivity index (χ3v) is 3.50. The van der Waals surface area contributed by atoms with Crippen LogP contribution < -0.4 is 10.6 Å². The maximum atomic E-state index is 11.6. The van der Waals surface area contributed by atoms with E-state index in [1.54, 1.807) is 0 Å². The van der Waals surface area contributed by atoms with E-state index in [1.165, 1.54) is 37.1 Å². The summed E-state index contributed by atoms with van der Waals surface area (Å²) in [5, 5.41) is 14.1. The number of carbonyl (C=O) groups excluding carboxylic acids is 1. The van der Waals surface area contributed by atoms with Crippen LogP contribution in [0.3, 0.4) is 0 Å². The number of hydrogen-bond acceptors (Lipinski definition) is 4. The van der Waals surface area contributed by atoms with Crippen molar-refractivity contribution >= 4 is 29.4 Å². The van der Waals surface area contributed by atoms with E-state index in [0.717, 1.165) is 12.8 Å². The zero-order chi connectivity index (χ0) is 15.5. The molecule has 1 aromatic heterocycles. The molecule has 0 saturated heterocycles. The molecule has 6 nitrogen and oxygen atoms in total. The van der Waals surface area contributed by atoms with Crippen molar-refractivity contribution in [3.05, 3.63) is 24.0 Å². The molecule has 0 aliphatic rings. The lowest BCUT2D eigenvalue weighted by atomic mass is 10.2. The number of carboxylic acid groups (broad SMARTS) is 1. The minimum atomic E-state index is -1.07. The third kappa shape index (κ3) is 7.55. The lowest BCUT2D eigenvalue weighted by molar-refractivity contribution is 0.0696. The minimum Gasteiger partial charge on any atom is -0.478 e. The number of aromatic carboxylic acids is 1. The molecule has 0 spiro atoms. The summed E-state index contributed by atoms with van der Waals surface area (Å²) in [5.41, 5.74) is 0.411. The average molecular weight is 311 g/mol. The van der Waals surface area contributed by atoms with E-state index >= 15 is 0 Å². The summed E-state index contributed by atoms with van der Waals surface area (Å²) in [6.45, 7) is 0.608. The Balaban J connectivity index is 2.21. The van der Waals surface area contributed by atoms with Crippen LogP contribution in [0.4, 0.5) is 10.5 Å². The molecule has 0 aliphatic carbocycles. The smallest absolute Gasteiger partial charge is 0.337 e. The number of unbranched alkanes of at least 4 members (excludes halogenated alkanes) is 3. The van der Waals surface area contributed by atoms with Crippen LogP contribution in [0, 0.1) is 0 Å². The van der Waals surface area contributed by atoms with E-state index in [-0.39, 0.29) is 11.6 Å². The number of anilines is 1. The number of pyridine rings is 1. The van der Waals surface area contributed by atoms with Crippen LogP contribution in [0.1, 0.15) is 36.0 Å². The summed E-state index contributed by atoms with van der Waals surface area (Å²) < 4.78 is 0.